The summed E-state index contributed by atoms with van der Waals surface area (Å²) in [5.74, 6) is 1.33. The van der Waals surface area contributed by atoms with E-state index in [9.17, 15) is 0 Å². The van der Waals surface area contributed by atoms with Crippen LogP contribution in [0.5, 0.6) is 0 Å². The maximum atomic E-state index is 4.09. The summed E-state index contributed by atoms with van der Waals surface area (Å²) in [6, 6.07) is 6.54. The Morgan fingerprint density at radius 2 is 1.94 bits per heavy atom. The van der Waals surface area contributed by atoms with E-state index in [2.05, 4.69) is 59.4 Å². The third-order valence-corrected chi connectivity index (χ3v) is 3.74. The van der Waals surface area contributed by atoms with Crippen molar-refractivity contribution in [3.63, 3.8) is 0 Å². The molecule has 0 aliphatic heterocycles. The molecule has 0 aliphatic rings. The Morgan fingerprint density at radius 1 is 1.31 bits per heavy atom. The van der Waals surface area contributed by atoms with Crippen LogP contribution in [-0.2, 0) is 0 Å². The number of aryl methyl sites for hydroxylation is 1. The van der Waals surface area contributed by atoms with Crippen molar-refractivity contribution in [1.29, 1.82) is 0 Å². The van der Waals surface area contributed by atoms with Crippen molar-refractivity contribution in [1.82, 2.24) is 0 Å². The van der Waals surface area contributed by atoms with Crippen molar-refractivity contribution in [2.24, 2.45) is 5.92 Å². The zero-order valence-electron chi connectivity index (χ0n) is 11.3. The quantitative estimate of drug-likeness (QED) is 0.650. The van der Waals surface area contributed by atoms with E-state index >= 15 is 0 Å². The highest BCUT2D eigenvalue weighted by Crippen LogP contribution is 2.33. The number of rotatable bonds is 4. The van der Waals surface area contributed by atoms with E-state index in [0.29, 0.717) is 5.92 Å². The standard InChI is InChI=1S/C16H24/c1-7-12(4)14(6)16-13(5)9-8-10-15(16)11(2)3/h8-10,12,14H,2,7H2,1,3-6H3. The van der Waals surface area contributed by atoms with Crippen molar-refractivity contribution >= 4 is 5.57 Å². The van der Waals surface area contributed by atoms with E-state index in [0.717, 1.165) is 5.92 Å². The van der Waals surface area contributed by atoms with Crippen molar-refractivity contribution < 1.29 is 0 Å². The summed E-state index contributed by atoms with van der Waals surface area (Å²) in [4.78, 5) is 0. The monoisotopic (exact) mass is 216 g/mol. The van der Waals surface area contributed by atoms with Crippen LogP contribution in [0.4, 0.5) is 0 Å². The van der Waals surface area contributed by atoms with Gasteiger partial charge in [-0.15, -0.1) is 0 Å². The van der Waals surface area contributed by atoms with Gasteiger partial charge in [-0.3, -0.25) is 0 Å². The summed E-state index contributed by atoms with van der Waals surface area (Å²) in [6.07, 6.45) is 1.23. The Labute approximate surface area is 100 Å². The summed E-state index contributed by atoms with van der Waals surface area (Å²) in [7, 11) is 0. The van der Waals surface area contributed by atoms with Gasteiger partial charge in [0.2, 0.25) is 0 Å². The second-order valence-corrected chi connectivity index (χ2v) is 4.99. The Kier molecular flexibility index (Phi) is 4.35. The van der Waals surface area contributed by atoms with Gasteiger partial charge in [-0.2, -0.15) is 0 Å². The third-order valence-electron chi connectivity index (χ3n) is 3.74. The predicted octanol–water partition coefficient (Wildman–Crippen LogP) is 5.18. The smallest absolute Gasteiger partial charge is 0.0156 e. The molecule has 1 aromatic rings. The van der Waals surface area contributed by atoms with Crippen molar-refractivity contribution in [2.45, 2.75) is 47.0 Å². The zero-order chi connectivity index (χ0) is 12.3. The molecule has 0 fully saturated rings. The average Bonchev–Trinajstić information content (AvgIpc) is 2.26. The fourth-order valence-electron chi connectivity index (χ4n) is 2.30. The maximum absolute atomic E-state index is 4.09. The van der Waals surface area contributed by atoms with Gasteiger partial charge in [0.1, 0.15) is 0 Å². The Bertz CT molecular complexity index is 374. The van der Waals surface area contributed by atoms with E-state index in [1.165, 1.54) is 28.7 Å². The first kappa shape index (κ1) is 13.0. The molecule has 0 nitrogen and oxygen atoms in total. The number of benzene rings is 1. The van der Waals surface area contributed by atoms with Crippen LogP contribution in [0.15, 0.2) is 24.8 Å². The molecule has 0 heteroatoms. The SMILES string of the molecule is C=C(C)c1cccc(C)c1C(C)C(C)CC. The van der Waals surface area contributed by atoms with Gasteiger partial charge in [-0.1, -0.05) is 57.5 Å². The molecule has 0 N–H and O–H groups in total. The van der Waals surface area contributed by atoms with Crippen LogP contribution in [0.3, 0.4) is 0 Å². The highest BCUT2D eigenvalue weighted by Gasteiger charge is 2.18. The van der Waals surface area contributed by atoms with Crippen molar-refractivity contribution in [3.8, 4) is 0 Å². The van der Waals surface area contributed by atoms with Crippen LogP contribution in [-0.4, -0.2) is 0 Å². The molecule has 16 heavy (non-hydrogen) atoms. The zero-order valence-corrected chi connectivity index (χ0v) is 11.3. The molecule has 1 rings (SSSR count). The van der Waals surface area contributed by atoms with E-state index in [1.54, 1.807) is 0 Å². The van der Waals surface area contributed by atoms with E-state index in [4.69, 9.17) is 0 Å². The first-order valence-corrected chi connectivity index (χ1v) is 6.24. The summed E-state index contributed by atoms with van der Waals surface area (Å²) in [5, 5.41) is 0. The predicted molar refractivity (Wildman–Crippen MR) is 73.8 cm³/mol. The second-order valence-electron chi connectivity index (χ2n) is 4.99. The van der Waals surface area contributed by atoms with Gasteiger partial charge in [0.15, 0.2) is 0 Å². The van der Waals surface area contributed by atoms with Gasteiger partial charge in [-0.25, -0.2) is 0 Å². The van der Waals surface area contributed by atoms with Crippen molar-refractivity contribution in [3.05, 3.63) is 41.5 Å². The van der Waals surface area contributed by atoms with Gasteiger partial charge >= 0.3 is 0 Å². The molecule has 0 bridgehead atoms. The molecule has 0 heterocycles. The van der Waals surface area contributed by atoms with Gasteiger partial charge < -0.3 is 0 Å². The molecular formula is C16H24. The second kappa shape index (κ2) is 5.34. The van der Waals surface area contributed by atoms with Crippen LogP contribution in [0, 0.1) is 12.8 Å². The Balaban J connectivity index is 3.24. The molecular weight excluding hydrogens is 192 g/mol. The molecule has 0 saturated carbocycles. The molecule has 2 unspecified atom stereocenters. The molecule has 0 spiro atoms. The highest BCUT2D eigenvalue weighted by atomic mass is 14.2. The fourth-order valence-corrected chi connectivity index (χ4v) is 2.30. The molecule has 0 amide bonds. The number of allylic oxidation sites excluding steroid dienone is 1. The molecule has 0 aromatic heterocycles. The minimum absolute atomic E-state index is 0.609. The summed E-state index contributed by atoms with van der Waals surface area (Å²) in [5.41, 5.74) is 5.40. The number of hydrogen-bond donors (Lipinski definition) is 0. The topological polar surface area (TPSA) is 0 Å². The van der Waals surface area contributed by atoms with Crippen LogP contribution in [0.25, 0.3) is 5.57 Å². The lowest BCUT2D eigenvalue weighted by Gasteiger charge is -2.24. The molecule has 0 radical (unpaired) electrons. The van der Waals surface area contributed by atoms with E-state index in [1.807, 2.05) is 0 Å². The molecule has 0 saturated heterocycles. The minimum Gasteiger partial charge on any atom is -0.0955 e. The summed E-state index contributed by atoms with van der Waals surface area (Å²) in [6.45, 7) is 15.3. The van der Waals surface area contributed by atoms with Gasteiger partial charge in [0.05, 0.1) is 0 Å². The Morgan fingerprint density at radius 3 is 2.44 bits per heavy atom. The third kappa shape index (κ3) is 2.55. The molecule has 0 aliphatic carbocycles. The Hall–Kier alpha value is -1.04. The van der Waals surface area contributed by atoms with Gasteiger partial charge in [0.25, 0.3) is 0 Å². The summed E-state index contributed by atoms with van der Waals surface area (Å²) < 4.78 is 0. The van der Waals surface area contributed by atoms with E-state index in [-0.39, 0.29) is 0 Å². The lowest BCUT2D eigenvalue weighted by atomic mass is 9.81. The van der Waals surface area contributed by atoms with Gasteiger partial charge in [0, 0.05) is 0 Å². The van der Waals surface area contributed by atoms with Crippen molar-refractivity contribution in [2.75, 3.05) is 0 Å². The maximum Gasteiger partial charge on any atom is -0.0156 e. The summed E-state index contributed by atoms with van der Waals surface area (Å²) >= 11 is 0. The lowest BCUT2D eigenvalue weighted by Crippen LogP contribution is -2.09. The van der Waals surface area contributed by atoms with Crippen LogP contribution >= 0.6 is 0 Å². The average molecular weight is 216 g/mol. The van der Waals surface area contributed by atoms with Crippen LogP contribution < -0.4 is 0 Å². The molecule has 2 atom stereocenters. The highest BCUT2D eigenvalue weighted by molar-refractivity contribution is 5.66. The van der Waals surface area contributed by atoms with Crippen LogP contribution in [0.1, 0.15) is 56.7 Å². The number of hydrogen-bond acceptors (Lipinski definition) is 0. The fraction of sp³-hybridized carbons (Fsp3) is 0.500. The minimum atomic E-state index is 0.609. The van der Waals surface area contributed by atoms with E-state index < -0.39 is 0 Å². The molecule has 88 valence electrons. The first-order chi connectivity index (χ1) is 7.49. The first-order valence-electron chi connectivity index (χ1n) is 6.24. The molecule has 1 aromatic carbocycles. The lowest BCUT2D eigenvalue weighted by molar-refractivity contribution is 0.471. The largest absolute Gasteiger partial charge is 0.0955 e. The normalized spacial score (nSPS) is 14.6. The van der Waals surface area contributed by atoms with Gasteiger partial charge in [-0.05, 0) is 42.4 Å². The van der Waals surface area contributed by atoms with Crippen LogP contribution in [0.2, 0.25) is 0 Å².